The summed E-state index contributed by atoms with van der Waals surface area (Å²) in [5.74, 6) is 0.349. The van der Waals surface area contributed by atoms with Gasteiger partial charge >= 0.3 is 0 Å². The fourth-order valence-electron chi connectivity index (χ4n) is 3.38. The summed E-state index contributed by atoms with van der Waals surface area (Å²) in [4.78, 5) is 12.7. The number of aromatic amines is 1. The Bertz CT molecular complexity index is 1180. The minimum atomic E-state index is -0.409. The molecular weight excluding hydrogens is 383 g/mol. The molecule has 0 spiro atoms. The summed E-state index contributed by atoms with van der Waals surface area (Å²) in [6.45, 7) is 2.04. The molecule has 0 saturated carbocycles. The van der Waals surface area contributed by atoms with Crippen molar-refractivity contribution in [3.05, 3.63) is 83.8 Å². The monoisotopic (exact) mass is 402 g/mol. The lowest BCUT2D eigenvalue weighted by Gasteiger charge is -2.21. The molecule has 1 aromatic carbocycles. The van der Waals surface area contributed by atoms with E-state index in [0.29, 0.717) is 5.82 Å². The van der Waals surface area contributed by atoms with Crippen molar-refractivity contribution in [2.45, 2.75) is 19.7 Å². The van der Waals surface area contributed by atoms with E-state index < -0.39 is 5.82 Å². The Hall–Kier alpha value is -3.94. The Labute approximate surface area is 172 Å². The number of aryl methyl sites for hydroxylation is 1. The van der Waals surface area contributed by atoms with E-state index in [-0.39, 0.29) is 18.5 Å². The highest BCUT2D eigenvalue weighted by Gasteiger charge is 2.23. The van der Waals surface area contributed by atoms with E-state index in [1.807, 2.05) is 48.5 Å². The van der Waals surface area contributed by atoms with E-state index in [1.54, 1.807) is 24.5 Å². The second-order valence-corrected chi connectivity index (χ2v) is 6.97. The van der Waals surface area contributed by atoms with Crippen LogP contribution in [-0.2, 0) is 6.61 Å². The molecule has 7 nitrogen and oxygen atoms in total. The van der Waals surface area contributed by atoms with Crippen LogP contribution in [0.4, 0.5) is 4.39 Å². The molecule has 8 heteroatoms. The van der Waals surface area contributed by atoms with E-state index in [2.05, 4.69) is 20.4 Å². The topological polar surface area (TPSA) is 78.4 Å². The van der Waals surface area contributed by atoms with Crippen LogP contribution in [-0.4, -0.2) is 32.5 Å². The third-order valence-corrected chi connectivity index (χ3v) is 4.82. The average Bonchev–Trinajstić information content (AvgIpc) is 3.39. The zero-order valence-electron chi connectivity index (χ0n) is 16.2. The molecule has 2 N–H and O–H groups in total. The summed E-state index contributed by atoms with van der Waals surface area (Å²) < 4.78 is 19.5. The van der Waals surface area contributed by atoms with Crippen molar-refractivity contribution < 1.29 is 9.13 Å². The van der Waals surface area contributed by atoms with Crippen LogP contribution >= 0.6 is 0 Å². The van der Waals surface area contributed by atoms with Gasteiger partial charge in [0, 0.05) is 17.5 Å². The van der Waals surface area contributed by atoms with Gasteiger partial charge in [-0.1, -0.05) is 24.3 Å². The molecule has 2 aromatic heterocycles. The van der Waals surface area contributed by atoms with Crippen LogP contribution in [0.5, 0.6) is 5.75 Å². The van der Waals surface area contributed by atoms with Gasteiger partial charge in [0.05, 0.1) is 17.1 Å². The number of hydrogen-bond acceptors (Lipinski definition) is 6. The predicted octanol–water partition coefficient (Wildman–Crippen LogP) is 3.58. The number of nitrogens with one attached hydrogen (secondary N) is 2. The van der Waals surface area contributed by atoms with Gasteiger partial charge in [-0.25, -0.2) is 14.4 Å². The summed E-state index contributed by atoms with van der Waals surface area (Å²) in [5.41, 5.74) is 4.07. The molecule has 3 aromatic rings. The molecule has 0 radical (unpaired) electrons. The number of rotatable bonds is 5. The zero-order chi connectivity index (χ0) is 20.5. The van der Waals surface area contributed by atoms with Gasteiger partial charge < -0.3 is 15.0 Å². The number of halogens is 1. The quantitative estimate of drug-likeness (QED) is 0.682. The third-order valence-electron chi connectivity index (χ3n) is 4.82. The van der Waals surface area contributed by atoms with Gasteiger partial charge in [-0.15, -0.1) is 0 Å². The van der Waals surface area contributed by atoms with Crippen LogP contribution in [0.3, 0.4) is 0 Å². The number of H-pyrrole nitrogens is 1. The van der Waals surface area contributed by atoms with E-state index in [9.17, 15) is 4.39 Å². The number of para-hydroxylation sites is 1. The summed E-state index contributed by atoms with van der Waals surface area (Å²) in [6.07, 6.45) is 7.62. The normalized spacial score (nSPS) is 16.9. The molecule has 150 valence electrons. The highest BCUT2D eigenvalue weighted by molar-refractivity contribution is 5.82. The van der Waals surface area contributed by atoms with Crippen molar-refractivity contribution in [3.8, 4) is 17.1 Å². The second-order valence-electron chi connectivity index (χ2n) is 6.97. The van der Waals surface area contributed by atoms with Crippen molar-refractivity contribution in [2.24, 2.45) is 5.10 Å². The molecular formula is C22H19FN6O. The van der Waals surface area contributed by atoms with Crippen molar-refractivity contribution >= 4 is 11.9 Å². The lowest BCUT2D eigenvalue weighted by molar-refractivity contribution is 0.282. The first-order chi connectivity index (χ1) is 14.7. The van der Waals surface area contributed by atoms with Crippen LogP contribution < -0.4 is 10.1 Å². The molecule has 2 aliphatic heterocycles. The molecule has 5 rings (SSSR count). The Morgan fingerprint density at radius 2 is 2.03 bits per heavy atom. The number of pyridine rings is 1. The molecule has 0 saturated heterocycles. The Morgan fingerprint density at radius 3 is 2.90 bits per heavy atom. The van der Waals surface area contributed by atoms with Gasteiger partial charge in [0.15, 0.2) is 11.6 Å². The van der Waals surface area contributed by atoms with Crippen LogP contribution in [0.25, 0.3) is 17.0 Å². The maximum Gasteiger partial charge on any atom is 0.165 e. The number of allylic oxidation sites excluding steroid dienone is 2. The molecule has 4 heterocycles. The Balaban J connectivity index is 1.51. The molecule has 1 atom stereocenters. The van der Waals surface area contributed by atoms with Gasteiger partial charge in [0.2, 0.25) is 0 Å². The fraction of sp³-hybridized carbons (Fsp3) is 0.136. The van der Waals surface area contributed by atoms with Crippen molar-refractivity contribution in [1.29, 1.82) is 0 Å². The number of fused-ring (bicyclic) bond motifs is 1. The fourth-order valence-corrected chi connectivity index (χ4v) is 3.38. The lowest BCUT2D eigenvalue weighted by Crippen LogP contribution is -2.32. The number of hydrogen-bond donors (Lipinski definition) is 2. The van der Waals surface area contributed by atoms with E-state index in [4.69, 9.17) is 9.72 Å². The van der Waals surface area contributed by atoms with Crippen molar-refractivity contribution in [3.63, 3.8) is 0 Å². The summed E-state index contributed by atoms with van der Waals surface area (Å²) in [6, 6.07) is 12.1. The maximum atomic E-state index is 13.9. The smallest absolute Gasteiger partial charge is 0.165 e. The Morgan fingerprint density at radius 1 is 1.13 bits per heavy atom. The number of ether oxygens (including phenoxy) is 1. The maximum absolute atomic E-state index is 13.9. The third kappa shape index (κ3) is 3.43. The van der Waals surface area contributed by atoms with Crippen molar-refractivity contribution in [1.82, 2.24) is 25.3 Å². The summed E-state index contributed by atoms with van der Waals surface area (Å²) in [7, 11) is 0. The average molecular weight is 402 g/mol. The van der Waals surface area contributed by atoms with Gasteiger partial charge in [0.1, 0.15) is 24.9 Å². The summed E-state index contributed by atoms with van der Waals surface area (Å²) >= 11 is 0. The number of benzene rings is 1. The molecule has 2 aliphatic rings. The van der Waals surface area contributed by atoms with Gasteiger partial charge in [0.25, 0.3) is 0 Å². The first-order valence-corrected chi connectivity index (χ1v) is 9.55. The highest BCUT2D eigenvalue weighted by Crippen LogP contribution is 2.30. The standard InChI is InChI=1S/C22H19FN6O/c1-14-5-4-7-17(26-14)22-21(15-9-10-20-24-13-25-29(20)11-15)27-19(28-22)12-30-18-8-3-2-6-16(18)23/h2-11,13,20H,12H2,1H3,(H,24,25)(H,27,28). The van der Waals surface area contributed by atoms with Gasteiger partial charge in [-0.05, 0) is 37.3 Å². The van der Waals surface area contributed by atoms with Crippen LogP contribution in [0.1, 0.15) is 17.2 Å². The molecule has 0 fully saturated rings. The first kappa shape index (κ1) is 18.1. The molecule has 0 amide bonds. The molecule has 0 aliphatic carbocycles. The van der Waals surface area contributed by atoms with E-state index >= 15 is 0 Å². The number of nitrogens with zero attached hydrogens (tertiary/aromatic N) is 4. The van der Waals surface area contributed by atoms with Gasteiger partial charge in [-0.3, -0.25) is 4.98 Å². The van der Waals surface area contributed by atoms with E-state index in [1.165, 1.54) is 6.07 Å². The minimum Gasteiger partial charge on any atom is -0.483 e. The molecule has 1 unspecified atom stereocenters. The molecule has 0 bridgehead atoms. The van der Waals surface area contributed by atoms with Crippen LogP contribution in [0, 0.1) is 12.7 Å². The zero-order valence-corrected chi connectivity index (χ0v) is 16.2. The van der Waals surface area contributed by atoms with Gasteiger partial charge in [-0.2, -0.15) is 5.10 Å². The Kier molecular flexibility index (Phi) is 4.51. The highest BCUT2D eigenvalue weighted by atomic mass is 19.1. The predicted molar refractivity (Wildman–Crippen MR) is 112 cm³/mol. The second kappa shape index (κ2) is 7.47. The number of hydrazone groups is 1. The van der Waals surface area contributed by atoms with Crippen LogP contribution in [0.2, 0.25) is 0 Å². The number of imidazole rings is 1. The largest absolute Gasteiger partial charge is 0.483 e. The summed E-state index contributed by atoms with van der Waals surface area (Å²) in [5, 5.41) is 9.26. The van der Waals surface area contributed by atoms with E-state index in [0.717, 1.165) is 28.3 Å². The first-order valence-electron chi connectivity index (χ1n) is 9.55. The lowest BCUT2D eigenvalue weighted by atomic mass is 10.1. The molecule has 30 heavy (non-hydrogen) atoms. The number of aromatic nitrogens is 3. The van der Waals surface area contributed by atoms with Crippen LogP contribution in [0.15, 0.2) is 65.9 Å². The van der Waals surface area contributed by atoms with Crippen molar-refractivity contribution in [2.75, 3.05) is 0 Å². The minimum absolute atomic E-state index is 0.0112. The SMILES string of the molecule is Cc1cccc(-c2[nH]c(COc3ccccc3F)nc2C2=CN3N=CNC3C=C2)n1.